The molecule has 0 amide bonds. The quantitative estimate of drug-likeness (QED) is 0.887. The molecular weight excluding hydrogens is 262 g/mol. The first-order valence-corrected chi connectivity index (χ1v) is 8.42. The molecule has 2 rings (SSSR count). The molecule has 2 heterocycles. The minimum Gasteiger partial charge on any atom is -0.355 e. The van der Waals surface area contributed by atoms with Crippen molar-refractivity contribution in [3.8, 4) is 0 Å². The largest absolute Gasteiger partial charge is 0.355 e. The van der Waals surface area contributed by atoms with E-state index in [0.29, 0.717) is 13.0 Å². The summed E-state index contributed by atoms with van der Waals surface area (Å²) < 4.78 is 26.4. The molecule has 1 fully saturated rings. The Kier molecular flexibility index (Phi) is 4.76. The van der Waals surface area contributed by atoms with Gasteiger partial charge in [-0.25, -0.2) is 18.1 Å². The van der Waals surface area contributed by atoms with Gasteiger partial charge in [0.2, 0.25) is 10.0 Å². The van der Waals surface area contributed by atoms with E-state index in [4.69, 9.17) is 0 Å². The van der Waals surface area contributed by atoms with Gasteiger partial charge in [-0.2, -0.15) is 0 Å². The van der Waals surface area contributed by atoms with Crippen LogP contribution in [0.2, 0.25) is 0 Å². The monoisotopic (exact) mass is 283 g/mol. The van der Waals surface area contributed by atoms with Crippen molar-refractivity contribution in [3.05, 3.63) is 24.4 Å². The number of pyridine rings is 1. The van der Waals surface area contributed by atoms with Crippen molar-refractivity contribution in [1.82, 2.24) is 9.71 Å². The third-order valence-corrected chi connectivity index (χ3v) is 4.85. The Morgan fingerprint density at radius 3 is 3.00 bits per heavy atom. The number of nitrogens with one attached hydrogen (secondary N) is 1. The van der Waals surface area contributed by atoms with Crippen molar-refractivity contribution < 1.29 is 8.42 Å². The van der Waals surface area contributed by atoms with Crippen LogP contribution in [0.3, 0.4) is 0 Å². The zero-order valence-corrected chi connectivity index (χ0v) is 12.1. The maximum Gasteiger partial charge on any atom is 0.211 e. The maximum atomic E-state index is 11.8. The topological polar surface area (TPSA) is 62.3 Å². The molecule has 19 heavy (non-hydrogen) atoms. The van der Waals surface area contributed by atoms with E-state index >= 15 is 0 Å². The van der Waals surface area contributed by atoms with Gasteiger partial charge in [-0.05, 0) is 31.4 Å². The van der Waals surface area contributed by atoms with Gasteiger partial charge < -0.3 is 4.90 Å². The summed E-state index contributed by atoms with van der Waals surface area (Å²) in [5, 5.41) is 0. The normalized spacial score (nSPS) is 20.5. The van der Waals surface area contributed by atoms with Crippen LogP contribution in [-0.2, 0) is 10.0 Å². The minimum absolute atomic E-state index is 0.00712. The van der Waals surface area contributed by atoms with Gasteiger partial charge in [-0.15, -0.1) is 0 Å². The van der Waals surface area contributed by atoms with Crippen LogP contribution in [-0.4, -0.2) is 38.3 Å². The Bertz CT molecular complexity index is 490. The van der Waals surface area contributed by atoms with Crippen molar-refractivity contribution in [3.63, 3.8) is 0 Å². The van der Waals surface area contributed by atoms with Crippen molar-refractivity contribution in [1.29, 1.82) is 0 Å². The molecule has 1 saturated heterocycles. The molecule has 0 bridgehead atoms. The maximum absolute atomic E-state index is 11.8. The summed E-state index contributed by atoms with van der Waals surface area (Å²) in [7, 11) is -3.13. The molecule has 0 aromatic carbocycles. The van der Waals surface area contributed by atoms with Gasteiger partial charge in [0.15, 0.2) is 0 Å². The highest BCUT2D eigenvalue weighted by Gasteiger charge is 2.24. The highest BCUT2D eigenvalue weighted by Crippen LogP contribution is 2.17. The second kappa shape index (κ2) is 6.34. The first-order valence-electron chi connectivity index (χ1n) is 6.76. The first kappa shape index (κ1) is 14.3. The predicted molar refractivity (Wildman–Crippen MR) is 76.7 cm³/mol. The molecular formula is C13H21N3O2S. The molecule has 0 spiro atoms. The number of hydrogen-bond acceptors (Lipinski definition) is 4. The number of sulfonamides is 1. The van der Waals surface area contributed by atoms with Gasteiger partial charge in [0.25, 0.3) is 0 Å². The van der Waals surface area contributed by atoms with E-state index < -0.39 is 10.0 Å². The van der Waals surface area contributed by atoms with Crippen LogP contribution in [0.1, 0.15) is 26.2 Å². The highest BCUT2D eigenvalue weighted by molar-refractivity contribution is 7.89. The lowest BCUT2D eigenvalue weighted by Crippen LogP contribution is -2.48. The SMILES string of the molecule is CCCS(=O)(=O)NC1CCCN(c2ccccn2)C1. The van der Waals surface area contributed by atoms with Crippen LogP contribution >= 0.6 is 0 Å². The zero-order chi connectivity index (χ0) is 13.7. The summed E-state index contributed by atoms with van der Waals surface area (Å²) in [6.45, 7) is 3.50. The number of nitrogens with zero attached hydrogens (tertiary/aromatic N) is 2. The summed E-state index contributed by atoms with van der Waals surface area (Å²) >= 11 is 0. The number of hydrogen-bond donors (Lipinski definition) is 1. The molecule has 5 nitrogen and oxygen atoms in total. The molecule has 0 saturated carbocycles. The number of rotatable bonds is 5. The second-order valence-electron chi connectivity index (χ2n) is 4.91. The van der Waals surface area contributed by atoms with Gasteiger partial charge in [0, 0.05) is 25.3 Å². The van der Waals surface area contributed by atoms with Crippen LogP contribution in [0.5, 0.6) is 0 Å². The van der Waals surface area contributed by atoms with Crippen molar-refractivity contribution >= 4 is 15.8 Å². The van der Waals surface area contributed by atoms with Crippen molar-refractivity contribution in [2.24, 2.45) is 0 Å². The van der Waals surface area contributed by atoms with Gasteiger partial charge >= 0.3 is 0 Å². The van der Waals surface area contributed by atoms with Crippen molar-refractivity contribution in [2.45, 2.75) is 32.2 Å². The average Bonchev–Trinajstić information content (AvgIpc) is 2.39. The molecule has 1 N–H and O–H groups in total. The van der Waals surface area contributed by atoms with Gasteiger partial charge in [-0.3, -0.25) is 0 Å². The van der Waals surface area contributed by atoms with Crippen LogP contribution in [0, 0.1) is 0 Å². The van der Waals surface area contributed by atoms with Crippen LogP contribution < -0.4 is 9.62 Å². The number of anilines is 1. The minimum atomic E-state index is -3.13. The van der Waals surface area contributed by atoms with Crippen LogP contribution in [0.15, 0.2) is 24.4 Å². The summed E-state index contributed by atoms with van der Waals surface area (Å²) in [5.41, 5.74) is 0. The first-order chi connectivity index (χ1) is 9.11. The lowest BCUT2D eigenvalue weighted by atomic mass is 10.1. The fraction of sp³-hybridized carbons (Fsp3) is 0.615. The lowest BCUT2D eigenvalue weighted by molar-refractivity contribution is 0.464. The van der Waals surface area contributed by atoms with E-state index in [0.717, 1.165) is 25.2 Å². The van der Waals surface area contributed by atoms with Gasteiger partial charge in [0.05, 0.1) is 5.75 Å². The average molecular weight is 283 g/mol. The Morgan fingerprint density at radius 1 is 1.47 bits per heavy atom. The van der Waals surface area contributed by atoms with Crippen LogP contribution in [0.4, 0.5) is 5.82 Å². The number of aromatic nitrogens is 1. The summed E-state index contributed by atoms with van der Waals surface area (Å²) in [6, 6.07) is 5.79. The van der Waals surface area contributed by atoms with E-state index in [-0.39, 0.29) is 11.8 Å². The molecule has 1 aromatic rings. The number of piperidine rings is 1. The molecule has 1 unspecified atom stereocenters. The zero-order valence-electron chi connectivity index (χ0n) is 11.2. The fourth-order valence-corrected chi connectivity index (χ4v) is 3.76. The summed E-state index contributed by atoms with van der Waals surface area (Å²) in [4.78, 5) is 6.46. The molecule has 1 aliphatic rings. The third kappa shape index (κ3) is 4.18. The molecule has 6 heteroatoms. The lowest BCUT2D eigenvalue weighted by Gasteiger charge is -2.33. The molecule has 106 valence electrons. The van der Waals surface area contributed by atoms with E-state index in [2.05, 4.69) is 14.6 Å². The van der Waals surface area contributed by atoms with Gasteiger partial charge in [-0.1, -0.05) is 13.0 Å². The highest BCUT2D eigenvalue weighted by atomic mass is 32.2. The smallest absolute Gasteiger partial charge is 0.211 e. The Labute approximate surface area is 115 Å². The van der Waals surface area contributed by atoms with Crippen LogP contribution in [0.25, 0.3) is 0 Å². The Balaban J connectivity index is 1.98. The van der Waals surface area contributed by atoms with Gasteiger partial charge in [0.1, 0.15) is 5.82 Å². The fourth-order valence-electron chi connectivity index (χ4n) is 2.40. The Hall–Kier alpha value is -1.14. The van der Waals surface area contributed by atoms with E-state index in [1.165, 1.54) is 0 Å². The summed E-state index contributed by atoms with van der Waals surface area (Å²) in [6.07, 6.45) is 4.29. The third-order valence-electron chi connectivity index (χ3n) is 3.21. The Morgan fingerprint density at radius 2 is 2.32 bits per heavy atom. The molecule has 0 aliphatic carbocycles. The van der Waals surface area contributed by atoms with E-state index in [9.17, 15) is 8.42 Å². The van der Waals surface area contributed by atoms with E-state index in [1.807, 2.05) is 25.1 Å². The molecule has 1 aliphatic heterocycles. The standard InChI is InChI=1S/C13H21N3O2S/c1-2-10-19(17,18)15-12-6-5-9-16(11-12)13-7-3-4-8-14-13/h3-4,7-8,12,15H,2,5-6,9-11H2,1H3. The molecule has 1 atom stereocenters. The van der Waals surface area contributed by atoms with E-state index in [1.54, 1.807) is 6.20 Å². The molecule has 1 aromatic heterocycles. The summed E-state index contributed by atoms with van der Waals surface area (Å²) in [5.74, 6) is 1.12. The van der Waals surface area contributed by atoms with Crippen molar-refractivity contribution in [2.75, 3.05) is 23.7 Å². The predicted octanol–water partition coefficient (Wildman–Crippen LogP) is 1.38. The second-order valence-corrected chi connectivity index (χ2v) is 6.78. The molecule has 0 radical (unpaired) electrons.